The van der Waals surface area contributed by atoms with Crippen molar-refractivity contribution in [3.63, 3.8) is 0 Å². The molecule has 0 bridgehead atoms. The van der Waals surface area contributed by atoms with Crippen molar-refractivity contribution < 1.29 is 14.7 Å². The number of fused-ring (bicyclic) bond motifs is 3. The number of benzene rings is 1. The molecule has 1 aromatic heterocycles. The Balaban J connectivity index is 2.19. The van der Waals surface area contributed by atoms with E-state index < -0.39 is 5.66 Å². The van der Waals surface area contributed by atoms with Crippen LogP contribution in [-0.4, -0.2) is 34.4 Å². The highest BCUT2D eigenvalue weighted by atomic mass is 16.7. The molecule has 2 heterocycles. The minimum atomic E-state index is -0.838. The lowest BCUT2D eigenvalue weighted by atomic mass is 10.0. The smallest absolute Gasteiger partial charge is 0.297 e. The van der Waals surface area contributed by atoms with Crippen molar-refractivity contribution in [3.05, 3.63) is 36.0 Å². The van der Waals surface area contributed by atoms with Gasteiger partial charge in [-0.1, -0.05) is 37.5 Å². The number of aliphatic hydroxyl groups is 1. The zero-order valence-corrected chi connectivity index (χ0v) is 14.8. The Morgan fingerprint density at radius 1 is 1.28 bits per heavy atom. The zero-order chi connectivity index (χ0) is 17.9. The van der Waals surface area contributed by atoms with Crippen LogP contribution in [0.1, 0.15) is 49.5 Å². The molecule has 0 saturated carbocycles. The van der Waals surface area contributed by atoms with Gasteiger partial charge in [-0.05, 0) is 30.9 Å². The van der Waals surface area contributed by atoms with Crippen LogP contribution in [0, 0.1) is 11.8 Å². The van der Waals surface area contributed by atoms with Crippen LogP contribution in [0.25, 0.3) is 10.9 Å². The molecule has 0 fully saturated rings. The Labute approximate surface area is 148 Å². The van der Waals surface area contributed by atoms with E-state index in [1.54, 1.807) is 0 Å². The first kappa shape index (κ1) is 17.5. The Hall–Kier alpha value is -2.29. The van der Waals surface area contributed by atoms with Gasteiger partial charge in [0.2, 0.25) is 5.66 Å². The van der Waals surface area contributed by atoms with Gasteiger partial charge in [0.25, 0.3) is 5.91 Å². The summed E-state index contributed by atoms with van der Waals surface area (Å²) in [5.74, 6) is 6.31. The van der Waals surface area contributed by atoms with Crippen LogP contribution in [0.4, 0.5) is 0 Å². The fourth-order valence-electron chi connectivity index (χ4n) is 3.48. The predicted molar refractivity (Wildman–Crippen MR) is 96.7 cm³/mol. The Morgan fingerprint density at radius 3 is 2.80 bits per heavy atom. The molecule has 0 radical (unpaired) electrons. The number of carbonyl (C=O) groups excluding carboxylic acids is 1. The standard InChI is InChI=1S/C20H24N2O3/c1-3-4-12-20(13-8-5-9-14-23)21-17-11-7-6-10-16(17)15-18(21)19(24)22(20)25-2/h6-7,10-11,15,23H,3-5,9,12,14H2,1-2H3. The molecule has 0 spiro atoms. The number of hydroxylamine groups is 2. The van der Waals surface area contributed by atoms with Gasteiger partial charge in [-0.15, -0.1) is 0 Å². The summed E-state index contributed by atoms with van der Waals surface area (Å²) in [4.78, 5) is 18.4. The topological polar surface area (TPSA) is 54.7 Å². The van der Waals surface area contributed by atoms with E-state index in [0.29, 0.717) is 25.0 Å². The number of rotatable bonds is 6. The molecule has 1 aromatic carbocycles. The number of carbonyl (C=O) groups is 1. The summed E-state index contributed by atoms with van der Waals surface area (Å²) >= 11 is 0. The fraction of sp³-hybridized carbons (Fsp3) is 0.450. The first-order valence-corrected chi connectivity index (χ1v) is 8.80. The average molecular weight is 340 g/mol. The summed E-state index contributed by atoms with van der Waals surface area (Å²) in [5.41, 5.74) is 0.754. The van der Waals surface area contributed by atoms with Crippen LogP contribution in [0.15, 0.2) is 30.3 Å². The van der Waals surface area contributed by atoms with Gasteiger partial charge in [0, 0.05) is 24.8 Å². The number of nitrogens with zero attached hydrogens (tertiary/aromatic N) is 2. The summed E-state index contributed by atoms with van der Waals surface area (Å²) in [5, 5.41) is 11.4. The van der Waals surface area contributed by atoms with Crippen LogP contribution < -0.4 is 0 Å². The number of hydrogen-bond acceptors (Lipinski definition) is 3. The molecule has 1 N–H and O–H groups in total. The first-order chi connectivity index (χ1) is 12.2. The second-order valence-corrected chi connectivity index (χ2v) is 6.26. The maximum Gasteiger partial charge on any atom is 0.297 e. The van der Waals surface area contributed by atoms with E-state index in [4.69, 9.17) is 9.94 Å². The van der Waals surface area contributed by atoms with E-state index in [1.807, 2.05) is 34.9 Å². The third-order valence-corrected chi connectivity index (χ3v) is 4.63. The maximum atomic E-state index is 12.9. The maximum absolute atomic E-state index is 12.9. The van der Waals surface area contributed by atoms with E-state index in [0.717, 1.165) is 23.7 Å². The van der Waals surface area contributed by atoms with Gasteiger partial charge in [-0.25, -0.2) is 0 Å². The highest BCUT2D eigenvalue weighted by molar-refractivity contribution is 6.01. The van der Waals surface area contributed by atoms with Gasteiger partial charge >= 0.3 is 0 Å². The number of amides is 1. The number of aromatic nitrogens is 1. The molecule has 2 aromatic rings. The van der Waals surface area contributed by atoms with Crippen molar-refractivity contribution >= 4 is 16.8 Å². The van der Waals surface area contributed by atoms with Gasteiger partial charge < -0.3 is 5.11 Å². The minimum Gasteiger partial charge on any atom is -0.396 e. The van der Waals surface area contributed by atoms with Gasteiger partial charge in [-0.2, -0.15) is 5.06 Å². The SMILES string of the molecule is CCCCC1(C#CCCCO)N(OC)C(=O)c2cc3ccccc3n21. The van der Waals surface area contributed by atoms with E-state index >= 15 is 0 Å². The molecular weight excluding hydrogens is 316 g/mol. The Morgan fingerprint density at radius 2 is 2.08 bits per heavy atom. The first-order valence-electron chi connectivity index (χ1n) is 8.80. The molecule has 0 saturated heterocycles. The molecule has 1 amide bonds. The van der Waals surface area contributed by atoms with Crippen LogP contribution in [0.5, 0.6) is 0 Å². The van der Waals surface area contributed by atoms with Crippen LogP contribution >= 0.6 is 0 Å². The molecule has 5 nitrogen and oxygen atoms in total. The number of hydrogen-bond donors (Lipinski definition) is 1. The lowest BCUT2D eigenvalue weighted by Gasteiger charge is -2.34. The number of unbranched alkanes of at least 4 members (excludes halogenated alkanes) is 2. The van der Waals surface area contributed by atoms with E-state index in [-0.39, 0.29) is 12.5 Å². The lowest BCUT2D eigenvalue weighted by molar-refractivity contribution is -0.160. The van der Waals surface area contributed by atoms with Crippen molar-refractivity contribution in [3.8, 4) is 11.8 Å². The zero-order valence-electron chi connectivity index (χ0n) is 14.8. The fourth-order valence-corrected chi connectivity index (χ4v) is 3.48. The van der Waals surface area contributed by atoms with E-state index in [1.165, 1.54) is 12.2 Å². The minimum absolute atomic E-state index is 0.112. The largest absolute Gasteiger partial charge is 0.396 e. The highest BCUT2D eigenvalue weighted by Crippen LogP contribution is 2.41. The molecule has 5 heteroatoms. The molecule has 0 aliphatic carbocycles. The second-order valence-electron chi connectivity index (χ2n) is 6.26. The van der Waals surface area contributed by atoms with Crippen molar-refractivity contribution in [2.45, 2.75) is 44.7 Å². The van der Waals surface area contributed by atoms with Crippen molar-refractivity contribution in [2.75, 3.05) is 13.7 Å². The summed E-state index contributed by atoms with van der Waals surface area (Å²) in [6.45, 7) is 2.23. The second kappa shape index (κ2) is 7.30. The molecule has 25 heavy (non-hydrogen) atoms. The highest BCUT2D eigenvalue weighted by Gasteiger charge is 2.50. The van der Waals surface area contributed by atoms with Gasteiger partial charge in [-0.3, -0.25) is 14.2 Å². The Bertz CT molecular complexity index is 830. The molecule has 132 valence electrons. The molecule has 3 rings (SSSR count). The van der Waals surface area contributed by atoms with Crippen LogP contribution in [0.2, 0.25) is 0 Å². The van der Waals surface area contributed by atoms with Crippen molar-refractivity contribution in [1.29, 1.82) is 0 Å². The monoisotopic (exact) mass is 340 g/mol. The van der Waals surface area contributed by atoms with Crippen LogP contribution in [0.3, 0.4) is 0 Å². The Kier molecular flexibility index (Phi) is 5.12. The average Bonchev–Trinajstić information content (AvgIpc) is 3.12. The molecule has 1 aliphatic rings. The van der Waals surface area contributed by atoms with E-state index in [2.05, 4.69) is 18.8 Å². The summed E-state index contributed by atoms with van der Waals surface area (Å²) in [6, 6.07) is 9.87. The predicted octanol–water partition coefficient (Wildman–Crippen LogP) is 3.28. The van der Waals surface area contributed by atoms with Crippen molar-refractivity contribution in [1.82, 2.24) is 9.63 Å². The molecular formula is C20H24N2O3. The molecule has 1 aliphatic heterocycles. The number of para-hydroxylation sites is 1. The van der Waals surface area contributed by atoms with E-state index in [9.17, 15) is 4.79 Å². The summed E-state index contributed by atoms with van der Waals surface area (Å²) in [7, 11) is 1.52. The third kappa shape index (κ3) is 2.82. The summed E-state index contributed by atoms with van der Waals surface area (Å²) in [6.07, 6.45) is 3.83. The van der Waals surface area contributed by atoms with Gasteiger partial charge in [0.1, 0.15) is 5.69 Å². The normalized spacial score (nSPS) is 19.2. The molecule has 1 atom stereocenters. The van der Waals surface area contributed by atoms with Crippen LogP contribution in [-0.2, 0) is 10.5 Å². The molecule has 1 unspecified atom stereocenters. The third-order valence-electron chi connectivity index (χ3n) is 4.63. The summed E-state index contributed by atoms with van der Waals surface area (Å²) < 4.78 is 2.02. The lowest BCUT2D eigenvalue weighted by Crippen LogP contribution is -2.45. The van der Waals surface area contributed by atoms with Crippen molar-refractivity contribution in [2.24, 2.45) is 0 Å². The number of aliphatic hydroxyl groups excluding tert-OH is 1. The van der Waals surface area contributed by atoms with Gasteiger partial charge in [0.05, 0.1) is 12.6 Å². The quantitative estimate of drug-likeness (QED) is 0.648. The van der Waals surface area contributed by atoms with Gasteiger partial charge in [0.15, 0.2) is 0 Å².